The molecule has 0 fully saturated rings. The van der Waals surface area contributed by atoms with Crippen LogP contribution in [0.25, 0.3) is 10.1 Å². The lowest BCUT2D eigenvalue weighted by Gasteiger charge is -2.12. The van der Waals surface area contributed by atoms with E-state index in [1.165, 1.54) is 17.5 Å². The van der Waals surface area contributed by atoms with Crippen molar-refractivity contribution in [2.75, 3.05) is 12.4 Å². The Morgan fingerprint density at radius 1 is 1.16 bits per heavy atom. The van der Waals surface area contributed by atoms with Gasteiger partial charge in [-0.3, -0.25) is 9.78 Å². The minimum atomic E-state index is -1.01. The third kappa shape index (κ3) is 4.40. The van der Waals surface area contributed by atoms with Gasteiger partial charge in [0.25, 0.3) is 5.91 Å². The third-order valence-electron chi connectivity index (χ3n) is 4.95. The number of anilines is 1. The molecule has 2 heterocycles. The molecule has 0 unspecified atom stereocenters. The lowest BCUT2D eigenvalue weighted by atomic mass is 10.1. The highest BCUT2D eigenvalue weighted by Crippen LogP contribution is 2.30. The van der Waals surface area contributed by atoms with Crippen LogP contribution in [0.5, 0.6) is 11.5 Å². The fraction of sp³-hybridized carbons (Fsp3) is 0.125. The number of methoxy groups -OCH3 is 1. The Hall–Kier alpha value is -3.91. The second-order valence-electron chi connectivity index (χ2n) is 7.08. The lowest BCUT2D eigenvalue weighted by Crippen LogP contribution is -2.12. The lowest BCUT2D eigenvalue weighted by molar-refractivity contribution is 0.0698. The number of aryl methyl sites for hydroxylation is 1. The van der Waals surface area contributed by atoms with Gasteiger partial charge in [-0.15, -0.1) is 11.3 Å². The number of thiophene rings is 1. The minimum Gasteiger partial charge on any atom is -0.497 e. The van der Waals surface area contributed by atoms with Gasteiger partial charge in [-0.25, -0.2) is 4.79 Å². The summed E-state index contributed by atoms with van der Waals surface area (Å²) in [5.74, 6) is -0.0354. The summed E-state index contributed by atoms with van der Waals surface area (Å²) in [7, 11) is 1.55. The van der Waals surface area contributed by atoms with Gasteiger partial charge < -0.3 is 19.9 Å². The fourth-order valence-electron chi connectivity index (χ4n) is 3.22. The molecule has 0 spiro atoms. The molecule has 4 aromatic rings. The summed E-state index contributed by atoms with van der Waals surface area (Å²) >= 11 is 1.35. The smallest absolute Gasteiger partial charge is 0.338 e. The van der Waals surface area contributed by atoms with Crippen LogP contribution >= 0.6 is 11.3 Å². The Bertz CT molecular complexity index is 1310. The number of aromatic nitrogens is 1. The van der Waals surface area contributed by atoms with Crippen LogP contribution in [-0.2, 0) is 6.61 Å². The molecule has 2 N–H and O–H groups in total. The monoisotopic (exact) mass is 448 g/mol. The van der Waals surface area contributed by atoms with E-state index in [0.29, 0.717) is 27.4 Å². The maximum Gasteiger partial charge on any atom is 0.338 e. The Morgan fingerprint density at radius 2 is 2.00 bits per heavy atom. The van der Waals surface area contributed by atoms with Gasteiger partial charge in [0.15, 0.2) is 0 Å². The first-order chi connectivity index (χ1) is 15.5. The number of hydrogen-bond acceptors (Lipinski definition) is 6. The number of nitrogens with one attached hydrogen (secondary N) is 1. The van der Waals surface area contributed by atoms with Crippen molar-refractivity contribution >= 4 is 39.0 Å². The Kier molecular flexibility index (Phi) is 6.04. The van der Waals surface area contributed by atoms with Crippen LogP contribution in [0.15, 0.2) is 60.2 Å². The molecule has 0 bridgehead atoms. The number of fused-ring (bicyclic) bond motifs is 1. The maximum absolute atomic E-state index is 12.6. The number of carbonyl (C=O) groups excluding carboxylic acids is 1. The van der Waals surface area contributed by atoms with Gasteiger partial charge in [0.05, 0.1) is 17.4 Å². The predicted octanol–water partition coefficient (Wildman–Crippen LogP) is 5.14. The van der Waals surface area contributed by atoms with Crippen molar-refractivity contribution in [1.29, 1.82) is 0 Å². The summed E-state index contributed by atoms with van der Waals surface area (Å²) in [5.41, 5.74) is 3.03. The second-order valence-corrected chi connectivity index (χ2v) is 7.96. The predicted molar refractivity (Wildman–Crippen MR) is 123 cm³/mol. The first kappa shape index (κ1) is 21.3. The second kappa shape index (κ2) is 9.07. The molecule has 2 aromatic carbocycles. The topological polar surface area (TPSA) is 97.8 Å². The largest absolute Gasteiger partial charge is 0.497 e. The first-order valence-electron chi connectivity index (χ1n) is 9.72. The molecule has 0 saturated carbocycles. The molecule has 7 nitrogen and oxygen atoms in total. The van der Waals surface area contributed by atoms with E-state index < -0.39 is 5.97 Å². The number of hydrogen-bond donors (Lipinski definition) is 2. The number of benzene rings is 2. The average molecular weight is 449 g/mol. The van der Waals surface area contributed by atoms with Crippen molar-refractivity contribution in [3.05, 3.63) is 82.5 Å². The molecule has 0 aliphatic carbocycles. The van der Waals surface area contributed by atoms with E-state index in [2.05, 4.69) is 10.3 Å². The summed E-state index contributed by atoms with van der Waals surface area (Å²) in [6.45, 7) is 2.16. The number of nitrogens with zero attached hydrogens (tertiary/aromatic N) is 1. The van der Waals surface area contributed by atoms with Crippen LogP contribution in [0.2, 0.25) is 0 Å². The first-order valence-corrected chi connectivity index (χ1v) is 10.6. The molecule has 162 valence electrons. The number of amides is 1. The van der Waals surface area contributed by atoms with Gasteiger partial charge in [-0.1, -0.05) is 12.1 Å². The number of rotatable bonds is 7. The number of carbonyl (C=O) groups is 2. The fourth-order valence-corrected chi connectivity index (χ4v) is 4.25. The number of carboxylic acid groups (broad SMARTS) is 1. The SMILES string of the molecule is COc1cccc(C(=O)Nc2ccc(C)c(OCc3csc4c(C(=O)O)cncc34)c2)c1. The zero-order valence-corrected chi connectivity index (χ0v) is 18.2. The molecule has 2 aromatic heterocycles. The molecular weight excluding hydrogens is 428 g/mol. The highest BCUT2D eigenvalue weighted by molar-refractivity contribution is 7.17. The quantitative estimate of drug-likeness (QED) is 0.406. The van der Waals surface area contributed by atoms with Gasteiger partial charge in [0.1, 0.15) is 18.1 Å². The summed E-state index contributed by atoms with van der Waals surface area (Å²) in [4.78, 5) is 28.0. The summed E-state index contributed by atoms with van der Waals surface area (Å²) in [5, 5.41) is 14.9. The molecule has 0 atom stereocenters. The normalized spacial score (nSPS) is 10.7. The summed E-state index contributed by atoms with van der Waals surface area (Å²) in [6, 6.07) is 12.4. The van der Waals surface area contributed by atoms with Crippen molar-refractivity contribution < 1.29 is 24.2 Å². The van der Waals surface area contributed by atoms with Gasteiger partial charge in [0.2, 0.25) is 0 Å². The molecule has 4 rings (SSSR count). The molecule has 0 aliphatic rings. The van der Waals surface area contributed by atoms with Crippen molar-refractivity contribution in [3.63, 3.8) is 0 Å². The van der Waals surface area contributed by atoms with Crippen molar-refractivity contribution in [3.8, 4) is 11.5 Å². The zero-order valence-electron chi connectivity index (χ0n) is 17.4. The summed E-state index contributed by atoms with van der Waals surface area (Å²) < 4.78 is 11.9. The van der Waals surface area contributed by atoms with Crippen LogP contribution in [0.4, 0.5) is 5.69 Å². The van der Waals surface area contributed by atoms with E-state index in [1.807, 2.05) is 24.4 Å². The molecular formula is C24H20N2O5S. The zero-order chi connectivity index (χ0) is 22.7. The van der Waals surface area contributed by atoms with Crippen molar-refractivity contribution in [2.24, 2.45) is 0 Å². The van der Waals surface area contributed by atoms with Crippen LogP contribution in [0.3, 0.4) is 0 Å². The molecule has 0 saturated heterocycles. The van der Waals surface area contributed by atoms with E-state index in [0.717, 1.165) is 16.5 Å². The van der Waals surface area contributed by atoms with E-state index in [1.54, 1.807) is 43.6 Å². The molecule has 32 heavy (non-hydrogen) atoms. The van der Waals surface area contributed by atoms with E-state index in [4.69, 9.17) is 9.47 Å². The molecule has 0 aliphatic heterocycles. The average Bonchev–Trinajstić information content (AvgIpc) is 3.22. The van der Waals surface area contributed by atoms with Gasteiger partial charge in [0, 0.05) is 40.7 Å². The Balaban J connectivity index is 1.51. The highest BCUT2D eigenvalue weighted by Gasteiger charge is 2.14. The third-order valence-corrected chi connectivity index (χ3v) is 6.03. The van der Waals surface area contributed by atoms with Crippen LogP contribution in [0, 0.1) is 6.92 Å². The van der Waals surface area contributed by atoms with Crippen molar-refractivity contribution in [2.45, 2.75) is 13.5 Å². The van der Waals surface area contributed by atoms with Crippen LogP contribution in [0.1, 0.15) is 31.8 Å². The van der Waals surface area contributed by atoms with E-state index in [9.17, 15) is 14.7 Å². The summed E-state index contributed by atoms with van der Waals surface area (Å²) in [6.07, 6.45) is 3.00. The van der Waals surface area contributed by atoms with E-state index in [-0.39, 0.29) is 18.1 Å². The number of pyridine rings is 1. The van der Waals surface area contributed by atoms with Gasteiger partial charge >= 0.3 is 5.97 Å². The Morgan fingerprint density at radius 3 is 2.78 bits per heavy atom. The van der Waals surface area contributed by atoms with Crippen molar-refractivity contribution in [1.82, 2.24) is 4.98 Å². The van der Waals surface area contributed by atoms with Crippen LogP contribution in [-0.4, -0.2) is 29.1 Å². The van der Waals surface area contributed by atoms with E-state index >= 15 is 0 Å². The minimum absolute atomic E-state index is 0.178. The number of carboxylic acids is 1. The van der Waals surface area contributed by atoms with Gasteiger partial charge in [-0.2, -0.15) is 0 Å². The molecule has 8 heteroatoms. The van der Waals surface area contributed by atoms with Gasteiger partial charge in [-0.05, 0) is 42.1 Å². The number of ether oxygens (including phenoxy) is 2. The maximum atomic E-state index is 12.6. The molecule has 0 radical (unpaired) electrons. The standard InChI is InChI=1S/C24H20N2O5S/c1-14-6-7-17(26-23(27)15-4-3-5-18(8-15)30-2)9-21(14)31-12-16-13-32-22-19(16)10-25-11-20(22)24(28)29/h3-11,13H,12H2,1-2H3,(H,26,27)(H,28,29). The molecule has 1 amide bonds. The Labute approximate surface area is 188 Å². The number of aromatic carboxylic acids is 1. The highest BCUT2D eigenvalue weighted by atomic mass is 32.1. The van der Waals surface area contributed by atoms with Crippen LogP contribution < -0.4 is 14.8 Å².